The number of ether oxygens (including phenoxy) is 1. The smallest absolute Gasteiger partial charge is 0.217 e. The second kappa shape index (κ2) is 14.6. The maximum absolute atomic E-state index is 11.8. The van der Waals surface area contributed by atoms with Crippen LogP contribution in [0.2, 0.25) is 0 Å². The van der Waals surface area contributed by atoms with E-state index in [0.29, 0.717) is 11.6 Å². The normalized spacial score (nSPS) is 11.8. The van der Waals surface area contributed by atoms with Crippen LogP contribution in [0.5, 0.6) is 11.6 Å². The van der Waals surface area contributed by atoms with Crippen LogP contribution in [0.4, 0.5) is 0 Å². The SMILES string of the molecule is CCC(C)(C)C(=O)C=C(O)C(C)(C)CC.Cc1[c-]c(Oc2cc3cc(-c4ccccc4)ccc3cn2)cc(C)c1.[Ir]. The number of carbonyl (C=O) groups excluding carboxylic acids is 1. The minimum atomic E-state index is -0.377. The summed E-state index contributed by atoms with van der Waals surface area (Å²) in [7, 11) is 0. The van der Waals surface area contributed by atoms with Crippen molar-refractivity contribution < 1.29 is 34.7 Å². The molecular formula is C36H42IrNO3-. The van der Waals surface area contributed by atoms with Crippen molar-refractivity contribution in [3.05, 3.63) is 102 Å². The van der Waals surface area contributed by atoms with Gasteiger partial charge in [-0.15, -0.1) is 12.1 Å². The molecule has 1 aromatic heterocycles. The Labute approximate surface area is 259 Å². The largest absolute Gasteiger partial charge is 0.512 e. The zero-order valence-electron chi connectivity index (χ0n) is 25.5. The topological polar surface area (TPSA) is 59.4 Å². The zero-order chi connectivity index (χ0) is 29.5. The van der Waals surface area contributed by atoms with Crippen LogP contribution in [-0.2, 0) is 24.9 Å². The average Bonchev–Trinajstić information content (AvgIpc) is 2.92. The predicted octanol–water partition coefficient (Wildman–Crippen LogP) is 9.98. The summed E-state index contributed by atoms with van der Waals surface area (Å²) in [6, 6.07) is 26.0. The van der Waals surface area contributed by atoms with Gasteiger partial charge in [0.05, 0.1) is 0 Å². The Kier molecular flexibility index (Phi) is 12.1. The molecule has 5 heteroatoms. The number of allylic oxidation sites excluding steroid dienone is 2. The first-order valence-corrected chi connectivity index (χ1v) is 13.9. The Morgan fingerprint density at radius 1 is 0.878 bits per heavy atom. The third kappa shape index (κ3) is 9.38. The van der Waals surface area contributed by atoms with Crippen molar-refractivity contribution in [1.82, 2.24) is 4.98 Å². The maximum Gasteiger partial charge on any atom is 0.217 e. The van der Waals surface area contributed by atoms with Crippen molar-refractivity contribution in [3.8, 4) is 22.8 Å². The van der Waals surface area contributed by atoms with Crippen molar-refractivity contribution in [1.29, 1.82) is 0 Å². The molecule has 0 bridgehead atoms. The summed E-state index contributed by atoms with van der Waals surface area (Å²) in [5.41, 5.74) is 3.91. The molecule has 0 fully saturated rings. The van der Waals surface area contributed by atoms with E-state index < -0.39 is 0 Å². The van der Waals surface area contributed by atoms with Crippen LogP contribution in [0.3, 0.4) is 0 Å². The van der Waals surface area contributed by atoms with Crippen LogP contribution in [0.1, 0.15) is 65.5 Å². The molecule has 0 saturated carbocycles. The molecule has 0 unspecified atom stereocenters. The van der Waals surface area contributed by atoms with Crippen molar-refractivity contribution in [3.63, 3.8) is 0 Å². The van der Waals surface area contributed by atoms with Crippen molar-refractivity contribution in [2.24, 2.45) is 10.8 Å². The molecule has 0 aliphatic rings. The van der Waals surface area contributed by atoms with Crippen LogP contribution in [0.15, 0.2) is 84.8 Å². The summed E-state index contributed by atoms with van der Waals surface area (Å²) >= 11 is 0. The number of carbonyl (C=O) groups is 1. The first kappa shape index (κ1) is 33.9. The Balaban J connectivity index is 0.000000320. The van der Waals surface area contributed by atoms with Gasteiger partial charge in [0.2, 0.25) is 5.88 Å². The van der Waals surface area contributed by atoms with Crippen LogP contribution in [0, 0.1) is 30.7 Å². The molecule has 1 N–H and O–H groups in total. The molecule has 0 aliphatic carbocycles. The van der Waals surface area contributed by atoms with E-state index in [4.69, 9.17) is 4.74 Å². The summed E-state index contributed by atoms with van der Waals surface area (Å²) < 4.78 is 5.93. The van der Waals surface area contributed by atoms with E-state index in [1.54, 1.807) is 0 Å². The second-order valence-corrected chi connectivity index (χ2v) is 11.6. The predicted molar refractivity (Wildman–Crippen MR) is 166 cm³/mol. The van der Waals surface area contributed by atoms with Gasteiger partial charge < -0.3 is 9.84 Å². The zero-order valence-corrected chi connectivity index (χ0v) is 27.9. The number of aliphatic hydroxyl groups is 1. The van der Waals surface area contributed by atoms with E-state index in [2.05, 4.69) is 59.6 Å². The van der Waals surface area contributed by atoms with Crippen molar-refractivity contribution >= 4 is 16.6 Å². The standard InChI is InChI=1S/C23H18NO.C13H24O2.Ir/c1-16-10-17(2)12-22(11-16)25-23-14-21-13-19(8-9-20(21)15-24-23)18-6-4-3-5-7-18;1-7-12(3,4)10(14)9-11(15)13(5,6)8-2;/h3-11,13-15H,1-2H3;9,14H,7-8H2,1-6H3;/q-1;;. The monoisotopic (exact) mass is 729 g/mol. The fourth-order valence-corrected chi connectivity index (χ4v) is 3.88. The number of hydrogen-bond acceptors (Lipinski definition) is 4. The van der Waals surface area contributed by atoms with Crippen molar-refractivity contribution in [2.45, 2.75) is 68.2 Å². The molecule has 1 heterocycles. The minimum Gasteiger partial charge on any atom is -0.512 e. The summed E-state index contributed by atoms with van der Waals surface area (Å²) in [6.45, 7) is 15.7. The molecule has 3 aromatic carbocycles. The molecule has 41 heavy (non-hydrogen) atoms. The molecule has 0 spiro atoms. The Bertz CT molecular complexity index is 1470. The number of nitrogens with zero attached hydrogens (tertiary/aromatic N) is 1. The van der Waals surface area contributed by atoms with Crippen LogP contribution in [0.25, 0.3) is 21.9 Å². The number of rotatable bonds is 8. The molecule has 0 atom stereocenters. The van der Waals surface area contributed by atoms with Gasteiger partial charge in [0.1, 0.15) is 5.76 Å². The van der Waals surface area contributed by atoms with Gasteiger partial charge in [-0.05, 0) is 35.4 Å². The fourth-order valence-electron chi connectivity index (χ4n) is 3.88. The number of hydrogen-bond donors (Lipinski definition) is 1. The molecule has 219 valence electrons. The van der Waals surface area contributed by atoms with Gasteiger partial charge >= 0.3 is 0 Å². The Morgan fingerprint density at radius 3 is 2.15 bits per heavy atom. The van der Waals surface area contributed by atoms with Crippen LogP contribution >= 0.6 is 0 Å². The Hall–Kier alpha value is -3.27. The van der Waals surface area contributed by atoms with Gasteiger partial charge in [-0.2, -0.15) is 17.2 Å². The van der Waals surface area contributed by atoms with Crippen LogP contribution < -0.4 is 4.74 Å². The number of ketones is 1. The molecule has 4 aromatic rings. The third-order valence-electron chi connectivity index (χ3n) is 7.54. The van der Waals surface area contributed by atoms with E-state index in [1.807, 2.05) is 79.8 Å². The number of aryl methyl sites for hydroxylation is 2. The molecule has 4 rings (SSSR count). The van der Waals surface area contributed by atoms with Crippen LogP contribution in [-0.4, -0.2) is 15.9 Å². The third-order valence-corrected chi connectivity index (χ3v) is 7.54. The van der Waals surface area contributed by atoms with Gasteiger partial charge in [0.25, 0.3) is 0 Å². The maximum atomic E-state index is 11.8. The van der Waals surface area contributed by atoms with Gasteiger partial charge in [-0.3, -0.25) is 4.79 Å². The van der Waals surface area contributed by atoms with Gasteiger partial charge in [0.15, 0.2) is 5.78 Å². The second-order valence-electron chi connectivity index (χ2n) is 11.6. The summed E-state index contributed by atoms with van der Waals surface area (Å²) in [5.74, 6) is 1.48. The number of aromatic nitrogens is 1. The first-order valence-electron chi connectivity index (χ1n) is 13.9. The van der Waals surface area contributed by atoms with E-state index in [-0.39, 0.29) is 42.5 Å². The number of benzene rings is 3. The first-order chi connectivity index (χ1) is 18.8. The van der Waals surface area contributed by atoms with E-state index in [0.717, 1.165) is 34.7 Å². The van der Waals surface area contributed by atoms with Gasteiger partial charge in [0, 0.05) is 60.4 Å². The number of aliphatic hydroxyl groups excluding tert-OH is 1. The van der Waals surface area contributed by atoms with E-state index in [1.165, 1.54) is 17.2 Å². The molecule has 0 amide bonds. The molecular weight excluding hydrogens is 687 g/mol. The molecule has 4 nitrogen and oxygen atoms in total. The average molecular weight is 729 g/mol. The van der Waals surface area contributed by atoms with E-state index in [9.17, 15) is 9.90 Å². The quantitative estimate of drug-likeness (QED) is 0.112. The minimum absolute atomic E-state index is 0. The fraction of sp³-hybridized carbons (Fsp3) is 0.333. The van der Waals surface area contributed by atoms with E-state index >= 15 is 0 Å². The summed E-state index contributed by atoms with van der Waals surface area (Å²) in [5, 5.41) is 12.0. The van der Waals surface area contributed by atoms with Gasteiger partial charge in [-0.25, -0.2) is 4.98 Å². The van der Waals surface area contributed by atoms with Crippen molar-refractivity contribution in [2.75, 3.05) is 0 Å². The molecule has 0 saturated heterocycles. The van der Waals surface area contributed by atoms with Gasteiger partial charge in [-0.1, -0.05) is 97.9 Å². The number of fused-ring (bicyclic) bond motifs is 1. The molecule has 1 radical (unpaired) electrons. The number of pyridine rings is 1. The Morgan fingerprint density at radius 2 is 1.54 bits per heavy atom. The summed E-state index contributed by atoms with van der Waals surface area (Å²) in [4.78, 5) is 16.3. The summed E-state index contributed by atoms with van der Waals surface area (Å²) in [6.07, 6.45) is 4.84. The molecule has 0 aliphatic heterocycles.